The summed E-state index contributed by atoms with van der Waals surface area (Å²) in [4.78, 5) is 11.8. The fourth-order valence-corrected chi connectivity index (χ4v) is 2.74. The van der Waals surface area contributed by atoms with E-state index < -0.39 is 18.2 Å². The summed E-state index contributed by atoms with van der Waals surface area (Å²) in [6.07, 6.45) is -1.83. The number of ether oxygens (including phenoxy) is 1. The van der Waals surface area contributed by atoms with Crippen molar-refractivity contribution in [3.63, 3.8) is 0 Å². The van der Waals surface area contributed by atoms with Gasteiger partial charge in [-0.15, -0.1) is 0 Å². The van der Waals surface area contributed by atoms with Gasteiger partial charge in [0.25, 0.3) is 0 Å². The van der Waals surface area contributed by atoms with Crippen LogP contribution in [0.25, 0.3) is 0 Å². The highest BCUT2D eigenvalue weighted by Crippen LogP contribution is 2.42. The van der Waals surface area contributed by atoms with Gasteiger partial charge >= 0.3 is 5.97 Å². The first-order valence-electron chi connectivity index (χ1n) is 6.01. The summed E-state index contributed by atoms with van der Waals surface area (Å²) in [5.74, 6) is -0.442. The molecule has 1 heterocycles. The van der Waals surface area contributed by atoms with Gasteiger partial charge in [0.05, 0.1) is 15.6 Å². The van der Waals surface area contributed by atoms with Crippen LogP contribution in [0.5, 0.6) is 0 Å². The highest BCUT2D eigenvalue weighted by molar-refractivity contribution is 6.42. The lowest BCUT2D eigenvalue weighted by molar-refractivity contribution is -0.0102. The van der Waals surface area contributed by atoms with E-state index in [0.29, 0.717) is 21.7 Å². The molecule has 0 unspecified atom stereocenters. The van der Waals surface area contributed by atoms with Gasteiger partial charge in [-0.2, -0.15) is 0 Å². The van der Waals surface area contributed by atoms with Crippen LogP contribution >= 0.6 is 23.2 Å². The second-order valence-electron chi connectivity index (χ2n) is 4.50. The van der Waals surface area contributed by atoms with Crippen molar-refractivity contribution in [1.82, 2.24) is 0 Å². The Bertz CT molecular complexity index is 685. The topological polar surface area (TPSA) is 46.5 Å². The Hall–Kier alpha value is -1.55. The van der Waals surface area contributed by atoms with Crippen LogP contribution in [0.4, 0.5) is 0 Å². The Morgan fingerprint density at radius 2 is 1.85 bits per heavy atom. The Kier molecular flexibility index (Phi) is 3.42. The first kappa shape index (κ1) is 13.4. The standard InChI is InChI=1S/C15H10Cl2O3/c16-11-7-3-6-10(12(11)17)13(18)14-8-4-1-2-5-9(8)15(19)20-14/h1-7,13-14,18H/t13-,14+/m0/s1. The summed E-state index contributed by atoms with van der Waals surface area (Å²) < 4.78 is 5.25. The molecule has 0 amide bonds. The van der Waals surface area contributed by atoms with E-state index in [1.807, 2.05) is 0 Å². The molecule has 1 aliphatic heterocycles. The van der Waals surface area contributed by atoms with Gasteiger partial charge in [0, 0.05) is 11.1 Å². The van der Waals surface area contributed by atoms with Crippen molar-refractivity contribution >= 4 is 29.2 Å². The summed E-state index contributed by atoms with van der Waals surface area (Å²) >= 11 is 12.0. The number of halogens is 2. The van der Waals surface area contributed by atoms with Gasteiger partial charge in [0.2, 0.25) is 0 Å². The van der Waals surface area contributed by atoms with Crippen LogP contribution in [0.15, 0.2) is 42.5 Å². The molecule has 2 atom stereocenters. The van der Waals surface area contributed by atoms with Gasteiger partial charge in [-0.25, -0.2) is 4.79 Å². The number of cyclic esters (lactones) is 1. The second kappa shape index (κ2) is 5.09. The summed E-state index contributed by atoms with van der Waals surface area (Å²) in [6, 6.07) is 12.0. The minimum atomic E-state index is -1.06. The number of rotatable bonds is 2. The number of esters is 1. The molecule has 102 valence electrons. The van der Waals surface area contributed by atoms with Gasteiger partial charge in [0.1, 0.15) is 6.10 Å². The van der Waals surface area contributed by atoms with Gasteiger partial charge in [-0.1, -0.05) is 53.5 Å². The van der Waals surface area contributed by atoms with Gasteiger partial charge in [-0.05, 0) is 12.1 Å². The molecule has 2 aromatic rings. The zero-order valence-corrected chi connectivity index (χ0v) is 11.7. The maximum absolute atomic E-state index is 11.8. The van der Waals surface area contributed by atoms with Crippen LogP contribution in [0.2, 0.25) is 10.0 Å². The third-order valence-electron chi connectivity index (χ3n) is 3.31. The number of carbonyl (C=O) groups excluding carboxylic acids is 1. The lowest BCUT2D eigenvalue weighted by atomic mass is 9.97. The summed E-state index contributed by atoms with van der Waals surface area (Å²) in [7, 11) is 0. The monoisotopic (exact) mass is 308 g/mol. The van der Waals surface area contributed by atoms with Crippen molar-refractivity contribution in [1.29, 1.82) is 0 Å². The van der Waals surface area contributed by atoms with Crippen LogP contribution < -0.4 is 0 Å². The van der Waals surface area contributed by atoms with Gasteiger partial charge < -0.3 is 9.84 Å². The Balaban J connectivity index is 2.02. The maximum atomic E-state index is 11.8. The first-order chi connectivity index (χ1) is 9.59. The van der Waals surface area contributed by atoms with Crippen molar-refractivity contribution in [3.8, 4) is 0 Å². The molecule has 0 saturated carbocycles. The van der Waals surface area contributed by atoms with E-state index in [-0.39, 0.29) is 5.02 Å². The molecule has 0 fully saturated rings. The van der Waals surface area contributed by atoms with Crippen molar-refractivity contribution in [2.24, 2.45) is 0 Å². The van der Waals surface area contributed by atoms with E-state index in [1.54, 1.807) is 42.5 Å². The molecular formula is C15H10Cl2O3. The molecule has 0 aromatic heterocycles. The molecule has 0 radical (unpaired) electrons. The van der Waals surface area contributed by atoms with Gasteiger partial charge in [0.15, 0.2) is 6.10 Å². The first-order valence-corrected chi connectivity index (χ1v) is 6.77. The second-order valence-corrected chi connectivity index (χ2v) is 5.29. The smallest absolute Gasteiger partial charge is 0.339 e. The Labute approximate surface area is 125 Å². The number of benzene rings is 2. The summed E-state index contributed by atoms with van der Waals surface area (Å²) in [6.45, 7) is 0. The highest BCUT2D eigenvalue weighted by atomic mass is 35.5. The van der Waals surface area contributed by atoms with Crippen LogP contribution in [0.3, 0.4) is 0 Å². The normalized spacial score (nSPS) is 18.6. The molecular weight excluding hydrogens is 299 g/mol. The fourth-order valence-electron chi connectivity index (χ4n) is 2.32. The molecule has 0 spiro atoms. The SMILES string of the molecule is O=C1O[C@@H]([C@@H](O)c2cccc(Cl)c2Cl)c2ccccc21. The van der Waals surface area contributed by atoms with Gasteiger partial charge in [-0.3, -0.25) is 0 Å². The maximum Gasteiger partial charge on any atom is 0.339 e. The predicted octanol–water partition coefficient (Wildman–Crippen LogP) is 3.94. The molecule has 1 N–H and O–H groups in total. The molecule has 3 rings (SSSR count). The summed E-state index contributed by atoms with van der Waals surface area (Å²) in [5.41, 5.74) is 1.56. The van der Waals surface area contributed by atoms with Crippen LogP contribution in [-0.2, 0) is 4.74 Å². The highest BCUT2D eigenvalue weighted by Gasteiger charge is 2.37. The quantitative estimate of drug-likeness (QED) is 0.855. The van der Waals surface area contributed by atoms with E-state index >= 15 is 0 Å². The van der Waals surface area contributed by atoms with Crippen LogP contribution in [0.1, 0.15) is 33.7 Å². The molecule has 5 heteroatoms. The predicted molar refractivity (Wildman–Crippen MR) is 76.0 cm³/mol. The molecule has 0 aliphatic carbocycles. The Morgan fingerprint density at radius 1 is 1.10 bits per heavy atom. The molecule has 2 aromatic carbocycles. The van der Waals surface area contributed by atoms with Crippen molar-refractivity contribution in [2.75, 3.05) is 0 Å². The van der Waals surface area contributed by atoms with E-state index in [0.717, 1.165) is 0 Å². The average Bonchev–Trinajstić information content (AvgIpc) is 2.79. The average molecular weight is 309 g/mol. The molecule has 3 nitrogen and oxygen atoms in total. The number of aliphatic hydroxyl groups excluding tert-OH is 1. The van der Waals surface area contributed by atoms with Crippen molar-refractivity contribution in [3.05, 3.63) is 69.2 Å². The minimum absolute atomic E-state index is 0.266. The number of aliphatic hydroxyl groups is 1. The lowest BCUT2D eigenvalue weighted by Gasteiger charge is -2.19. The Morgan fingerprint density at radius 3 is 2.65 bits per heavy atom. The van der Waals surface area contributed by atoms with Crippen molar-refractivity contribution < 1.29 is 14.6 Å². The van der Waals surface area contributed by atoms with E-state index in [1.165, 1.54) is 0 Å². The number of carbonyl (C=O) groups is 1. The number of hydrogen-bond donors (Lipinski definition) is 1. The van der Waals surface area contributed by atoms with Crippen LogP contribution in [-0.4, -0.2) is 11.1 Å². The van der Waals surface area contributed by atoms with E-state index in [9.17, 15) is 9.90 Å². The number of fused-ring (bicyclic) bond motifs is 1. The third kappa shape index (κ3) is 2.08. The minimum Gasteiger partial charge on any atom is -0.451 e. The van der Waals surface area contributed by atoms with E-state index in [2.05, 4.69) is 0 Å². The molecule has 0 saturated heterocycles. The van der Waals surface area contributed by atoms with E-state index in [4.69, 9.17) is 27.9 Å². The number of hydrogen-bond acceptors (Lipinski definition) is 3. The molecule has 20 heavy (non-hydrogen) atoms. The fraction of sp³-hybridized carbons (Fsp3) is 0.133. The van der Waals surface area contributed by atoms with Crippen LogP contribution in [0, 0.1) is 0 Å². The zero-order valence-electron chi connectivity index (χ0n) is 10.2. The largest absolute Gasteiger partial charge is 0.451 e. The zero-order chi connectivity index (χ0) is 14.3. The molecule has 1 aliphatic rings. The summed E-state index contributed by atoms with van der Waals surface area (Å²) in [5, 5.41) is 11.1. The van der Waals surface area contributed by atoms with Crippen molar-refractivity contribution in [2.45, 2.75) is 12.2 Å². The third-order valence-corrected chi connectivity index (χ3v) is 4.14. The lowest BCUT2D eigenvalue weighted by Crippen LogP contribution is -2.11. The molecule has 0 bridgehead atoms.